The van der Waals surface area contributed by atoms with E-state index in [1.807, 2.05) is 6.08 Å². The number of allylic oxidation sites excluding steroid dienone is 2. The van der Waals surface area contributed by atoms with Crippen molar-refractivity contribution in [3.8, 4) is 0 Å². The molecule has 26 heavy (non-hydrogen) atoms. The molecule has 3 aliphatic carbocycles. The van der Waals surface area contributed by atoms with Crippen LogP contribution in [0, 0.1) is 23.7 Å². The molecule has 3 rings (SSSR count). The van der Waals surface area contributed by atoms with E-state index in [4.69, 9.17) is 0 Å². The van der Waals surface area contributed by atoms with Crippen molar-refractivity contribution in [2.45, 2.75) is 116 Å². The molecule has 0 amide bonds. The smallest absolute Gasteiger partial charge is 0.155 e. The lowest BCUT2D eigenvalue weighted by atomic mass is 9.67. The number of unbranched alkanes of at least 4 members (excludes halogenated alkanes) is 4. The summed E-state index contributed by atoms with van der Waals surface area (Å²) in [7, 11) is 0. The highest BCUT2D eigenvalue weighted by atomic mass is 16.1. The Morgan fingerprint density at radius 3 is 2.12 bits per heavy atom. The third kappa shape index (κ3) is 5.96. The maximum atomic E-state index is 11.7. The molecule has 148 valence electrons. The molecule has 0 radical (unpaired) electrons. The summed E-state index contributed by atoms with van der Waals surface area (Å²) in [6.07, 6.45) is 25.4. The molecule has 0 aromatic heterocycles. The fraction of sp³-hybridized carbons (Fsp3) is 0.880. The maximum Gasteiger partial charge on any atom is 0.155 e. The Hall–Kier alpha value is -0.590. The van der Waals surface area contributed by atoms with Crippen LogP contribution in [0.5, 0.6) is 0 Å². The topological polar surface area (TPSA) is 17.1 Å². The molecule has 1 heteroatoms. The van der Waals surface area contributed by atoms with Gasteiger partial charge in [-0.05, 0) is 81.1 Å². The molecule has 0 unspecified atom stereocenters. The molecule has 0 atom stereocenters. The van der Waals surface area contributed by atoms with Crippen molar-refractivity contribution in [2.24, 2.45) is 23.7 Å². The van der Waals surface area contributed by atoms with Gasteiger partial charge in [-0.25, -0.2) is 0 Å². The van der Waals surface area contributed by atoms with Crippen molar-refractivity contribution in [1.82, 2.24) is 0 Å². The van der Waals surface area contributed by atoms with Crippen LogP contribution in [0.25, 0.3) is 0 Å². The minimum absolute atomic E-state index is 0.390. The summed E-state index contributed by atoms with van der Waals surface area (Å²) in [5.74, 6) is 4.20. The van der Waals surface area contributed by atoms with Gasteiger partial charge in [-0.1, -0.05) is 63.9 Å². The number of carbonyl (C=O) groups is 1. The Labute approximate surface area is 162 Å². The highest BCUT2D eigenvalue weighted by Crippen LogP contribution is 2.44. The molecule has 2 fully saturated rings. The molecule has 1 nitrogen and oxygen atoms in total. The first kappa shape index (κ1) is 20.2. The van der Waals surface area contributed by atoms with Gasteiger partial charge >= 0.3 is 0 Å². The van der Waals surface area contributed by atoms with Crippen molar-refractivity contribution in [1.29, 1.82) is 0 Å². The van der Waals surface area contributed by atoms with Crippen LogP contribution < -0.4 is 0 Å². The molecule has 0 N–H and O–H groups in total. The first-order valence-electron chi connectivity index (χ1n) is 12.0. The van der Waals surface area contributed by atoms with Crippen molar-refractivity contribution in [2.75, 3.05) is 0 Å². The molecule has 0 saturated heterocycles. The molecule has 0 bridgehead atoms. The Morgan fingerprint density at radius 1 is 0.808 bits per heavy atom. The van der Waals surface area contributed by atoms with E-state index < -0.39 is 0 Å². The fourth-order valence-corrected chi connectivity index (χ4v) is 6.09. The van der Waals surface area contributed by atoms with E-state index in [-0.39, 0.29) is 0 Å². The van der Waals surface area contributed by atoms with Crippen molar-refractivity contribution >= 4 is 5.78 Å². The Kier molecular flexibility index (Phi) is 8.27. The molecular formula is C25H42O. The summed E-state index contributed by atoms with van der Waals surface area (Å²) in [5, 5.41) is 0. The van der Waals surface area contributed by atoms with Crippen molar-refractivity contribution in [3.05, 3.63) is 11.6 Å². The van der Waals surface area contributed by atoms with E-state index in [0.29, 0.717) is 5.78 Å². The number of ketones is 1. The summed E-state index contributed by atoms with van der Waals surface area (Å²) in [6, 6.07) is 0. The molecule has 0 aromatic carbocycles. The van der Waals surface area contributed by atoms with E-state index >= 15 is 0 Å². The molecule has 0 heterocycles. The Bertz CT molecular complexity index is 447. The number of hydrogen-bond donors (Lipinski definition) is 0. The largest absolute Gasteiger partial charge is 0.295 e. The van der Waals surface area contributed by atoms with Crippen LogP contribution in [0.4, 0.5) is 0 Å². The van der Waals surface area contributed by atoms with Crippen molar-refractivity contribution < 1.29 is 4.79 Å². The minimum Gasteiger partial charge on any atom is -0.295 e. The van der Waals surface area contributed by atoms with E-state index in [0.717, 1.165) is 36.5 Å². The summed E-state index contributed by atoms with van der Waals surface area (Å²) in [4.78, 5) is 11.7. The van der Waals surface area contributed by atoms with E-state index in [2.05, 4.69) is 6.92 Å². The lowest BCUT2D eigenvalue weighted by Crippen LogP contribution is -2.26. The van der Waals surface area contributed by atoms with Gasteiger partial charge in [0.15, 0.2) is 5.78 Å². The minimum atomic E-state index is 0.390. The number of hydrogen-bond acceptors (Lipinski definition) is 1. The molecule has 0 aromatic rings. The van der Waals surface area contributed by atoms with Gasteiger partial charge in [-0.2, -0.15) is 0 Å². The van der Waals surface area contributed by atoms with E-state index in [9.17, 15) is 4.79 Å². The van der Waals surface area contributed by atoms with Crippen LogP contribution in [-0.4, -0.2) is 5.78 Å². The van der Waals surface area contributed by atoms with Gasteiger partial charge in [0.2, 0.25) is 0 Å². The third-order valence-electron chi connectivity index (χ3n) is 7.81. The van der Waals surface area contributed by atoms with Crippen LogP contribution in [0.15, 0.2) is 11.6 Å². The van der Waals surface area contributed by atoms with Crippen LogP contribution in [0.3, 0.4) is 0 Å². The van der Waals surface area contributed by atoms with Crippen LogP contribution in [-0.2, 0) is 4.79 Å². The van der Waals surface area contributed by atoms with Gasteiger partial charge in [-0.15, -0.1) is 0 Å². The predicted molar refractivity (Wildman–Crippen MR) is 111 cm³/mol. The normalized spacial score (nSPS) is 33.1. The molecule has 3 aliphatic rings. The quantitative estimate of drug-likeness (QED) is 0.407. The zero-order valence-corrected chi connectivity index (χ0v) is 17.3. The van der Waals surface area contributed by atoms with Gasteiger partial charge in [0.05, 0.1) is 0 Å². The van der Waals surface area contributed by atoms with E-state index in [1.165, 1.54) is 102 Å². The second-order valence-corrected chi connectivity index (χ2v) is 9.63. The third-order valence-corrected chi connectivity index (χ3v) is 7.81. The average molecular weight is 359 g/mol. The summed E-state index contributed by atoms with van der Waals surface area (Å²) in [6.45, 7) is 2.31. The summed E-state index contributed by atoms with van der Waals surface area (Å²) >= 11 is 0. The van der Waals surface area contributed by atoms with Gasteiger partial charge in [0, 0.05) is 6.42 Å². The predicted octanol–water partition coefficient (Wildman–Crippen LogP) is 7.64. The Balaban J connectivity index is 1.33. The highest BCUT2D eigenvalue weighted by Gasteiger charge is 2.32. The standard InChI is InChI=1S/C25H42O/c1-2-3-4-5-6-8-20-11-13-21(14-12-20)22-15-17-23(18-16-22)24-9-7-10-25(26)19-24/h19-23H,2-18H2,1H3/t20-,21-,22-,23-. The molecule has 2 saturated carbocycles. The lowest BCUT2D eigenvalue weighted by molar-refractivity contribution is -0.115. The van der Waals surface area contributed by atoms with Crippen LogP contribution in [0.2, 0.25) is 0 Å². The zero-order chi connectivity index (χ0) is 18.2. The molecule has 0 spiro atoms. The highest BCUT2D eigenvalue weighted by molar-refractivity contribution is 5.91. The molecular weight excluding hydrogens is 316 g/mol. The molecule has 0 aliphatic heterocycles. The second kappa shape index (κ2) is 10.7. The average Bonchev–Trinajstić information content (AvgIpc) is 2.68. The number of rotatable bonds is 8. The zero-order valence-electron chi connectivity index (χ0n) is 17.3. The number of carbonyl (C=O) groups excluding carboxylic acids is 1. The maximum absolute atomic E-state index is 11.7. The first-order valence-corrected chi connectivity index (χ1v) is 12.0. The van der Waals surface area contributed by atoms with Gasteiger partial charge in [0.1, 0.15) is 0 Å². The summed E-state index contributed by atoms with van der Waals surface area (Å²) in [5.41, 5.74) is 1.51. The first-order chi connectivity index (χ1) is 12.8. The van der Waals surface area contributed by atoms with Crippen molar-refractivity contribution in [3.63, 3.8) is 0 Å². The summed E-state index contributed by atoms with van der Waals surface area (Å²) < 4.78 is 0. The van der Waals surface area contributed by atoms with Crippen LogP contribution >= 0.6 is 0 Å². The lowest BCUT2D eigenvalue weighted by Gasteiger charge is -2.38. The van der Waals surface area contributed by atoms with E-state index in [1.54, 1.807) is 0 Å². The van der Waals surface area contributed by atoms with Gasteiger partial charge < -0.3 is 0 Å². The SMILES string of the molecule is CCCCCCC[C@H]1CC[C@H]([C@H]2CC[C@H](C3=CC(=O)CCC3)CC2)CC1. The fourth-order valence-electron chi connectivity index (χ4n) is 6.09. The monoisotopic (exact) mass is 358 g/mol. The second-order valence-electron chi connectivity index (χ2n) is 9.63. The van der Waals surface area contributed by atoms with Gasteiger partial charge in [0.25, 0.3) is 0 Å². The van der Waals surface area contributed by atoms with Crippen LogP contribution in [0.1, 0.15) is 116 Å². The van der Waals surface area contributed by atoms with Gasteiger partial charge in [-0.3, -0.25) is 4.79 Å². The Morgan fingerprint density at radius 2 is 1.46 bits per heavy atom.